The van der Waals surface area contributed by atoms with Crippen molar-refractivity contribution in [2.75, 3.05) is 7.11 Å². The predicted octanol–water partition coefficient (Wildman–Crippen LogP) is 9.76. The van der Waals surface area contributed by atoms with Gasteiger partial charge in [-0.1, -0.05) is 19.9 Å². The van der Waals surface area contributed by atoms with Crippen molar-refractivity contribution in [1.29, 1.82) is 0 Å². The highest BCUT2D eigenvalue weighted by Crippen LogP contribution is 2.45. The number of carbonyl (C=O) groups excluding carboxylic acids is 1. The molecule has 3 aromatic rings. The van der Waals surface area contributed by atoms with E-state index in [4.69, 9.17) is 9.47 Å². The Balaban J connectivity index is 1.83. The molecule has 0 spiro atoms. The van der Waals surface area contributed by atoms with E-state index in [1.807, 2.05) is 0 Å². The third-order valence-corrected chi connectivity index (χ3v) is 7.31. The van der Waals surface area contributed by atoms with E-state index < -0.39 is 71.4 Å². The average Bonchev–Trinajstić information content (AvgIpc) is 3.19. The summed E-state index contributed by atoms with van der Waals surface area (Å²) in [5.74, 6) is -1.00. The number of hydrogen-bond acceptors (Lipinski definition) is 3. The zero-order valence-electron chi connectivity index (χ0n) is 23.5. The summed E-state index contributed by atoms with van der Waals surface area (Å²) in [6.07, 6.45) is -17.7. The van der Waals surface area contributed by atoms with E-state index in [2.05, 4.69) is 0 Å². The van der Waals surface area contributed by atoms with Gasteiger partial charge in [0.05, 0.1) is 29.8 Å². The van der Waals surface area contributed by atoms with Gasteiger partial charge in [0, 0.05) is 23.7 Å². The van der Waals surface area contributed by atoms with Crippen LogP contribution < -0.4 is 4.74 Å². The van der Waals surface area contributed by atoms with Gasteiger partial charge in [-0.3, -0.25) is 4.90 Å². The molecular formula is C30H25F10NO3. The molecule has 44 heavy (non-hydrogen) atoms. The number of benzene rings is 3. The van der Waals surface area contributed by atoms with Crippen molar-refractivity contribution in [1.82, 2.24) is 4.90 Å². The Kier molecular flexibility index (Phi) is 8.62. The molecule has 0 radical (unpaired) electrons. The smallest absolute Gasteiger partial charge is 0.416 e. The quantitative estimate of drug-likeness (QED) is 0.253. The second-order valence-corrected chi connectivity index (χ2v) is 10.6. The molecule has 4 nitrogen and oxygen atoms in total. The van der Waals surface area contributed by atoms with Crippen LogP contribution in [0.4, 0.5) is 48.7 Å². The van der Waals surface area contributed by atoms with E-state index in [-0.39, 0.29) is 40.0 Å². The summed E-state index contributed by atoms with van der Waals surface area (Å²) in [6.45, 7) is 3.95. The van der Waals surface area contributed by atoms with Gasteiger partial charge >= 0.3 is 24.6 Å². The largest absolute Gasteiger partial charge is 0.496 e. The molecule has 1 saturated heterocycles. The molecule has 1 amide bonds. The number of rotatable bonds is 6. The van der Waals surface area contributed by atoms with E-state index in [0.29, 0.717) is 12.1 Å². The maximum Gasteiger partial charge on any atom is 0.416 e. The van der Waals surface area contributed by atoms with Crippen LogP contribution in [-0.4, -0.2) is 24.1 Å². The standard InChI is InChI=1S/C30H25F10NO3/c1-14(2)21-11-22(25(43-4)12-24(21)31)20-6-5-17(28(32,33)34)10-23(20)26-15(3)41(27(42)44-26)13-16-7-18(29(35,36)37)9-19(8-16)30(38,39)40/h5-12,14-15,26H,13H2,1-4H3/t15?,26-/m0/s1. The monoisotopic (exact) mass is 637 g/mol. The van der Waals surface area contributed by atoms with Crippen molar-refractivity contribution >= 4 is 6.09 Å². The molecule has 1 heterocycles. The SMILES string of the molecule is COc1cc(F)c(C(C)C)cc1-c1ccc(C(F)(F)F)cc1[C@H]1OC(=O)N(Cc2cc(C(F)(F)F)cc(C(F)(F)F)c2)C1C. The molecule has 4 rings (SSSR count). The van der Waals surface area contributed by atoms with Gasteiger partial charge in [0.25, 0.3) is 0 Å². The van der Waals surface area contributed by atoms with Gasteiger partial charge < -0.3 is 9.47 Å². The summed E-state index contributed by atoms with van der Waals surface area (Å²) in [6, 6.07) is 4.75. The highest BCUT2D eigenvalue weighted by Gasteiger charge is 2.43. The lowest BCUT2D eigenvalue weighted by Crippen LogP contribution is -2.31. The second-order valence-electron chi connectivity index (χ2n) is 10.6. The van der Waals surface area contributed by atoms with Crippen LogP contribution in [0.2, 0.25) is 0 Å². The molecule has 3 aromatic carbocycles. The van der Waals surface area contributed by atoms with Crippen LogP contribution in [-0.2, 0) is 29.8 Å². The first-order valence-electron chi connectivity index (χ1n) is 13.1. The molecule has 14 heteroatoms. The molecule has 238 valence electrons. The third kappa shape index (κ3) is 6.58. The lowest BCUT2D eigenvalue weighted by Gasteiger charge is -2.25. The molecule has 1 aliphatic heterocycles. The summed E-state index contributed by atoms with van der Waals surface area (Å²) < 4.78 is 147. The van der Waals surface area contributed by atoms with Gasteiger partial charge in [0.1, 0.15) is 17.7 Å². The van der Waals surface area contributed by atoms with Crippen LogP contribution in [0.1, 0.15) is 66.2 Å². The minimum absolute atomic E-state index is 0.0367. The Morgan fingerprint density at radius 3 is 1.89 bits per heavy atom. The fraction of sp³-hybridized carbons (Fsp3) is 0.367. The fourth-order valence-corrected chi connectivity index (χ4v) is 5.06. The summed E-state index contributed by atoms with van der Waals surface area (Å²) in [5.41, 5.74) is -4.53. The van der Waals surface area contributed by atoms with Gasteiger partial charge in [-0.2, -0.15) is 39.5 Å². The number of cyclic esters (lactones) is 1. The van der Waals surface area contributed by atoms with E-state index in [9.17, 15) is 48.7 Å². The van der Waals surface area contributed by atoms with Crippen molar-refractivity contribution in [3.63, 3.8) is 0 Å². The van der Waals surface area contributed by atoms with Crippen LogP contribution in [0.5, 0.6) is 5.75 Å². The van der Waals surface area contributed by atoms with E-state index >= 15 is 0 Å². The third-order valence-electron chi connectivity index (χ3n) is 7.31. The van der Waals surface area contributed by atoms with Crippen molar-refractivity contribution in [2.45, 2.75) is 63.9 Å². The number of ether oxygens (including phenoxy) is 2. The van der Waals surface area contributed by atoms with Crippen LogP contribution >= 0.6 is 0 Å². The highest BCUT2D eigenvalue weighted by molar-refractivity contribution is 5.77. The maximum absolute atomic E-state index is 14.7. The van der Waals surface area contributed by atoms with E-state index in [0.717, 1.165) is 29.2 Å². The van der Waals surface area contributed by atoms with Crippen molar-refractivity contribution < 1.29 is 58.2 Å². The second kappa shape index (κ2) is 11.5. The number of methoxy groups -OCH3 is 1. The summed E-state index contributed by atoms with van der Waals surface area (Å²) >= 11 is 0. The minimum Gasteiger partial charge on any atom is -0.496 e. The van der Waals surface area contributed by atoms with Gasteiger partial charge in [0.2, 0.25) is 0 Å². The number of hydrogen-bond donors (Lipinski definition) is 0. The topological polar surface area (TPSA) is 38.8 Å². The molecular weight excluding hydrogens is 612 g/mol. The first-order chi connectivity index (χ1) is 20.2. The van der Waals surface area contributed by atoms with Crippen molar-refractivity contribution in [3.05, 3.63) is 87.7 Å². The molecule has 0 N–H and O–H groups in total. The van der Waals surface area contributed by atoms with Gasteiger partial charge in [-0.15, -0.1) is 0 Å². The predicted molar refractivity (Wildman–Crippen MR) is 138 cm³/mol. The average molecular weight is 638 g/mol. The van der Waals surface area contributed by atoms with Crippen molar-refractivity contribution in [2.24, 2.45) is 0 Å². The number of halogens is 10. The summed E-state index contributed by atoms with van der Waals surface area (Å²) in [7, 11) is 1.22. The maximum atomic E-state index is 14.7. The number of amides is 1. The van der Waals surface area contributed by atoms with Gasteiger partial charge in [-0.05, 0) is 65.9 Å². The summed E-state index contributed by atoms with van der Waals surface area (Å²) in [4.78, 5) is 13.8. The number of nitrogens with zero attached hydrogens (tertiary/aromatic N) is 1. The van der Waals surface area contributed by atoms with Crippen molar-refractivity contribution in [3.8, 4) is 16.9 Å². The Labute approximate surface area is 245 Å². The highest BCUT2D eigenvalue weighted by atomic mass is 19.4. The molecule has 1 unspecified atom stereocenters. The Hall–Kier alpha value is -3.97. The van der Waals surface area contributed by atoms with Crippen LogP contribution in [0.3, 0.4) is 0 Å². The van der Waals surface area contributed by atoms with E-state index in [1.54, 1.807) is 13.8 Å². The first-order valence-corrected chi connectivity index (χ1v) is 13.1. The molecule has 0 bridgehead atoms. The first kappa shape index (κ1) is 32.9. The van der Waals surface area contributed by atoms with Gasteiger partial charge in [0.15, 0.2) is 0 Å². The fourth-order valence-electron chi connectivity index (χ4n) is 5.06. The van der Waals surface area contributed by atoms with Crippen LogP contribution in [0, 0.1) is 5.82 Å². The zero-order valence-corrected chi connectivity index (χ0v) is 23.5. The van der Waals surface area contributed by atoms with Crippen LogP contribution in [0.25, 0.3) is 11.1 Å². The van der Waals surface area contributed by atoms with Gasteiger partial charge in [-0.25, -0.2) is 9.18 Å². The van der Waals surface area contributed by atoms with Crippen LogP contribution in [0.15, 0.2) is 48.5 Å². The molecule has 0 aromatic heterocycles. The Morgan fingerprint density at radius 2 is 1.39 bits per heavy atom. The number of alkyl halides is 9. The normalized spacial score (nSPS) is 17.8. The molecule has 0 aliphatic carbocycles. The zero-order chi connectivity index (χ0) is 32.9. The molecule has 1 aliphatic rings. The summed E-state index contributed by atoms with van der Waals surface area (Å²) in [5, 5.41) is 0. The molecule has 0 saturated carbocycles. The van der Waals surface area contributed by atoms with E-state index in [1.165, 1.54) is 20.1 Å². The number of carbonyl (C=O) groups is 1. The molecule has 2 atom stereocenters. The Morgan fingerprint density at radius 1 is 0.818 bits per heavy atom. The minimum atomic E-state index is -5.13. The Bertz CT molecular complexity index is 1530. The molecule has 1 fully saturated rings. The lowest BCUT2D eigenvalue weighted by molar-refractivity contribution is -0.143. The lowest BCUT2D eigenvalue weighted by atomic mass is 9.89.